The summed E-state index contributed by atoms with van der Waals surface area (Å²) in [7, 11) is 2.45. The highest BCUT2D eigenvalue weighted by Gasteiger charge is 2.32. The van der Waals surface area contributed by atoms with E-state index in [9.17, 15) is 19.2 Å². The number of thiophene rings is 2. The molecule has 1 amide bonds. The number of aromatic nitrogens is 2. The predicted molar refractivity (Wildman–Crippen MR) is 139 cm³/mol. The molecule has 1 aliphatic rings. The summed E-state index contributed by atoms with van der Waals surface area (Å²) >= 11 is 2.48. The zero-order valence-corrected chi connectivity index (χ0v) is 22.8. The number of carbonyl (C=O) groups excluding carboxylic acids is 3. The monoisotopic (exact) mass is 531 g/mol. The molecule has 0 spiro atoms. The topological polar surface area (TPSA) is 117 Å². The molecule has 1 atom stereocenters. The van der Waals surface area contributed by atoms with E-state index in [4.69, 9.17) is 9.47 Å². The van der Waals surface area contributed by atoms with Gasteiger partial charge in [0.15, 0.2) is 0 Å². The third kappa shape index (κ3) is 4.69. The molecule has 3 aromatic rings. The van der Waals surface area contributed by atoms with Gasteiger partial charge in [-0.3, -0.25) is 14.2 Å². The average molecular weight is 532 g/mol. The summed E-state index contributed by atoms with van der Waals surface area (Å²) in [6, 6.07) is 0. The van der Waals surface area contributed by atoms with E-state index in [1.165, 1.54) is 30.0 Å². The fraction of sp³-hybridized carbons (Fsp3) is 0.480. The summed E-state index contributed by atoms with van der Waals surface area (Å²) in [5, 5.41) is 3.41. The van der Waals surface area contributed by atoms with Gasteiger partial charge in [-0.25, -0.2) is 14.6 Å². The fourth-order valence-corrected chi connectivity index (χ4v) is 7.00. The number of hydrogen-bond acceptors (Lipinski definition) is 9. The molecule has 0 radical (unpaired) electrons. The van der Waals surface area contributed by atoms with Crippen molar-refractivity contribution in [1.82, 2.24) is 9.55 Å². The Labute approximate surface area is 216 Å². The molecule has 0 bridgehead atoms. The Balaban J connectivity index is 1.62. The Morgan fingerprint density at radius 3 is 2.50 bits per heavy atom. The van der Waals surface area contributed by atoms with E-state index in [1.807, 2.05) is 0 Å². The molecular formula is C25H29N3O6S2. The highest BCUT2D eigenvalue weighted by molar-refractivity contribution is 7.19. The highest BCUT2D eigenvalue weighted by atomic mass is 32.1. The zero-order chi connectivity index (χ0) is 26.4. The van der Waals surface area contributed by atoms with Crippen molar-refractivity contribution in [3.63, 3.8) is 0 Å². The smallest absolute Gasteiger partial charge is 0.348 e. The molecule has 3 aromatic heterocycles. The minimum absolute atomic E-state index is 0.0810. The SMILES string of the molecule is COC(=O)c1sc(NC(=O)Cn2cnc3sc4c(c3c2=O)CCC(C(C)(C)C)C4)c(C(=O)OC)c1C. The molecule has 9 nitrogen and oxygen atoms in total. The molecular weight excluding hydrogens is 502 g/mol. The normalized spacial score (nSPS) is 15.4. The van der Waals surface area contributed by atoms with E-state index >= 15 is 0 Å². The largest absolute Gasteiger partial charge is 0.465 e. The van der Waals surface area contributed by atoms with Gasteiger partial charge < -0.3 is 14.8 Å². The van der Waals surface area contributed by atoms with Gasteiger partial charge in [0.05, 0.1) is 31.5 Å². The van der Waals surface area contributed by atoms with Crippen LogP contribution in [0.4, 0.5) is 5.00 Å². The Kier molecular flexibility index (Phi) is 7.07. The lowest BCUT2D eigenvalue weighted by atomic mass is 9.72. The van der Waals surface area contributed by atoms with E-state index in [1.54, 1.807) is 18.3 Å². The number of esters is 2. The van der Waals surface area contributed by atoms with E-state index in [-0.39, 0.29) is 33.0 Å². The number of anilines is 1. The van der Waals surface area contributed by atoms with Crippen LogP contribution in [-0.2, 0) is 33.7 Å². The first-order valence-electron chi connectivity index (χ1n) is 11.6. The summed E-state index contributed by atoms with van der Waals surface area (Å²) in [5.41, 5.74) is 1.42. The minimum atomic E-state index is -0.687. The third-order valence-corrected chi connectivity index (χ3v) is 9.08. The molecule has 1 unspecified atom stereocenters. The van der Waals surface area contributed by atoms with Gasteiger partial charge in [0, 0.05) is 4.88 Å². The maximum Gasteiger partial charge on any atom is 0.348 e. The molecule has 0 fully saturated rings. The van der Waals surface area contributed by atoms with Crippen LogP contribution in [0.5, 0.6) is 0 Å². The van der Waals surface area contributed by atoms with Crippen molar-refractivity contribution in [1.29, 1.82) is 0 Å². The van der Waals surface area contributed by atoms with Gasteiger partial charge in [-0.05, 0) is 48.6 Å². The number of rotatable bonds is 5. The Morgan fingerprint density at radius 1 is 1.17 bits per heavy atom. The molecule has 192 valence electrons. The number of nitrogens with one attached hydrogen (secondary N) is 1. The zero-order valence-electron chi connectivity index (χ0n) is 21.1. The van der Waals surface area contributed by atoms with Crippen LogP contribution in [0.2, 0.25) is 0 Å². The molecule has 0 aromatic carbocycles. The quantitative estimate of drug-likeness (QED) is 0.491. The van der Waals surface area contributed by atoms with Crippen molar-refractivity contribution in [2.75, 3.05) is 19.5 Å². The van der Waals surface area contributed by atoms with Gasteiger partial charge in [0.1, 0.15) is 21.3 Å². The van der Waals surface area contributed by atoms with Crippen LogP contribution < -0.4 is 10.9 Å². The molecule has 11 heteroatoms. The number of nitrogens with zero attached hydrogens (tertiary/aromatic N) is 2. The lowest BCUT2D eigenvalue weighted by Crippen LogP contribution is -2.29. The molecule has 4 rings (SSSR count). The summed E-state index contributed by atoms with van der Waals surface area (Å²) in [5.74, 6) is -1.30. The molecule has 0 saturated carbocycles. The van der Waals surface area contributed by atoms with Crippen LogP contribution in [0.15, 0.2) is 11.1 Å². The Bertz CT molecular complexity index is 1430. The van der Waals surface area contributed by atoms with Gasteiger partial charge >= 0.3 is 11.9 Å². The summed E-state index contributed by atoms with van der Waals surface area (Å²) in [4.78, 5) is 57.3. The Hall–Kier alpha value is -3.05. The van der Waals surface area contributed by atoms with Crippen LogP contribution in [0, 0.1) is 18.3 Å². The van der Waals surface area contributed by atoms with E-state index in [0.29, 0.717) is 21.7 Å². The summed E-state index contributed by atoms with van der Waals surface area (Å²) < 4.78 is 10.9. The number of aryl methyl sites for hydroxylation is 1. The van der Waals surface area contributed by atoms with Crippen molar-refractivity contribution in [3.8, 4) is 0 Å². The second-order valence-electron chi connectivity index (χ2n) is 9.96. The van der Waals surface area contributed by atoms with Crippen molar-refractivity contribution in [2.45, 2.75) is 53.5 Å². The first-order valence-corrected chi connectivity index (χ1v) is 13.2. The third-order valence-electron chi connectivity index (χ3n) is 6.73. The van der Waals surface area contributed by atoms with Crippen molar-refractivity contribution < 1.29 is 23.9 Å². The minimum Gasteiger partial charge on any atom is -0.465 e. The number of amides is 1. The lowest BCUT2D eigenvalue weighted by molar-refractivity contribution is -0.116. The number of hydrogen-bond donors (Lipinski definition) is 1. The first kappa shape index (κ1) is 26.0. The molecule has 3 heterocycles. The standard InChI is InChI=1S/C25H29N3O6S2/c1-12-17(23(31)33-5)21(36-19(12)24(32)34-6)27-16(29)10-28-11-26-20-18(22(28)30)14-8-7-13(25(2,3)4)9-15(14)35-20/h11,13H,7-10H2,1-6H3,(H,27,29). The van der Waals surface area contributed by atoms with Crippen LogP contribution >= 0.6 is 22.7 Å². The first-order chi connectivity index (χ1) is 17.0. The van der Waals surface area contributed by atoms with Crippen LogP contribution in [0.1, 0.15) is 63.2 Å². The van der Waals surface area contributed by atoms with Gasteiger partial charge in [0.25, 0.3) is 5.56 Å². The second kappa shape index (κ2) is 9.78. The molecule has 1 aliphatic carbocycles. The molecule has 1 N–H and O–H groups in total. The predicted octanol–water partition coefficient (Wildman–Crippen LogP) is 4.19. The number of fused-ring (bicyclic) bond motifs is 3. The molecule has 0 saturated heterocycles. The van der Waals surface area contributed by atoms with Crippen molar-refractivity contribution >= 4 is 55.7 Å². The van der Waals surface area contributed by atoms with Crippen LogP contribution in [0.3, 0.4) is 0 Å². The fourth-order valence-electron chi connectivity index (χ4n) is 4.61. The average Bonchev–Trinajstić information content (AvgIpc) is 3.36. The maximum absolute atomic E-state index is 13.4. The summed E-state index contributed by atoms with van der Waals surface area (Å²) in [6.45, 7) is 8.02. The number of carbonyl (C=O) groups is 3. The number of methoxy groups -OCH3 is 2. The van der Waals surface area contributed by atoms with Crippen molar-refractivity contribution in [2.24, 2.45) is 11.3 Å². The van der Waals surface area contributed by atoms with Gasteiger partial charge in [-0.1, -0.05) is 20.8 Å². The highest BCUT2D eigenvalue weighted by Crippen LogP contribution is 2.42. The molecule has 36 heavy (non-hydrogen) atoms. The molecule has 0 aliphatic heterocycles. The van der Waals surface area contributed by atoms with E-state index < -0.39 is 17.8 Å². The second-order valence-corrected chi connectivity index (χ2v) is 12.1. The number of ether oxygens (including phenoxy) is 2. The van der Waals surface area contributed by atoms with Gasteiger partial charge in [0.2, 0.25) is 5.91 Å². The lowest BCUT2D eigenvalue weighted by Gasteiger charge is -2.33. The van der Waals surface area contributed by atoms with E-state index in [0.717, 1.165) is 36.2 Å². The van der Waals surface area contributed by atoms with Gasteiger partial charge in [-0.15, -0.1) is 22.7 Å². The van der Waals surface area contributed by atoms with Crippen molar-refractivity contribution in [3.05, 3.63) is 43.1 Å². The summed E-state index contributed by atoms with van der Waals surface area (Å²) in [6.07, 6.45) is 4.13. The van der Waals surface area contributed by atoms with Crippen LogP contribution in [0.25, 0.3) is 10.2 Å². The van der Waals surface area contributed by atoms with Crippen LogP contribution in [-0.4, -0.2) is 41.6 Å². The van der Waals surface area contributed by atoms with E-state index in [2.05, 4.69) is 31.1 Å². The maximum atomic E-state index is 13.4. The van der Waals surface area contributed by atoms with Gasteiger partial charge in [-0.2, -0.15) is 0 Å². The Morgan fingerprint density at radius 2 is 1.86 bits per heavy atom.